The maximum absolute atomic E-state index is 13.6. The predicted octanol–water partition coefficient (Wildman–Crippen LogP) is 2.90. The number of halogens is 1. The number of nitrogens with two attached hydrogens (primary N) is 1. The van der Waals surface area contributed by atoms with Crippen molar-refractivity contribution >= 4 is 0 Å². The summed E-state index contributed by atoms with van der Waals surface area (Å²) in [5, 5.41) is 10.1. The average molecular weight is 479 g/mol. The average Bonchev–Trinajstić information content (AvgIpc) is 3.52. The van der Waals surface area contributed by atoms with Gasteiger partial charge < -0.3 is 15.2 Å². The summed E-state index contributed by atoms with van der Waals surface area (Å²) in [6.07, 6.45) is 1.71. The number of hydrazine groups is 2. The van der Waals surface area contributed by atoms with Crippen LogP contribution in [0.15, 0.2) is 60.0 Å². The van der Waals surface area contributed by atoms with E-state index in [9.17, 15) is 9.65 Å². The van der Waals surface area contributed by atoms with Crippen LogP contribution in [0.4, 0.5) is 4.39 Å². The van der Waals surface area contributed by atoms with Crippen molar-refractivity contribution in [3.63, 3.8) is 0 Å². The van der Waals surface area contributed by atoms with Gasteiger partial charge in [0.15, 0.2) is 12.1 Å². The minimum absolute atomic E-state index is 0.00842. The van der Waals surface area contributed by atoms with Gasteiger partial charge in [-0.3, -0.25) is 5.43 Å². The molecule has 3 aliphatic rings. The Morgan fingerprint density at radius 1 is 1.06 bits per heavy atom. The molecule has 184 valence electrons. The number of fused-ring (bicyclic) bond motifs is 1. The van der Waals surface area contributed by atoms with Crippen LogP contribution < -0.4 is 32.2 Å². The molecule has 2 saturated heterocycles. The molecule has 2 aromatic rings. The van der Waals surface area contributed by atoms with E-state index in [-0.39, 0.29) is 41.5 Å². The summed E-state index contributed by atoms with van der Waals surface area (Å²) in [7, 11) is 0. The Morgan fingerprint density at radius 3 is 2.49 bits per heavy atom. The maximum atomic E-state index is 13.6. The summed E-state index contributed by atoms with van der Waals surface area (Å²) < 4.78 is 25.3. The van der Waals surface area contributed by atoms with Gasteiger partial charge in [-0.15, -0.1) is 0 Å². The molecule has 35 heavy (non-hydrogen) atoms. The van der Waals surface area contributed by atoms with E-state index in [4.69, 9.17) is 15.2 Å². The third-order valence-corrected chi connectivity index (χ3v) is 7.22. The van der Waals surface area contributed by atoms with Crippen molar-refractivity contribution in [3.8, 4) is 11.8 Å². The first kappa shape index (κ1) is 23.6. The Balaban J connectivity index is 1.46. The van der Waals surface area contributed by atoms with Gasteiger partial charge in [0.2, 0.25) is 0 Å². The number of ether oxygens (including phenoxy) is 2. The van der Waals surface area contributed by atoms with E-state index in [1.165, 1.54) is 12.1 Å². The fraction of sp³-hybridized carbons (Fsp3) is 0.423. The molecule has 6 atom stereocenters. The molecule has 0 spiro atoms. The van der Waals surface area contributed by atoms with E-state index in [2.05, 4.69) is 46.8 Å². The zero-order chi connectivity index (χ0) is 24.4. The summed E-state index contributed by atoms with van der Waals surface area (Å²) in [6, 6.07) is 16.6. The second kappa shape index (κ2) is 10.2. The smallest absolute Gasteiger partial charge is 0.200 e. The molecular weight excluding hydrogens is 447 g/mol. The second-order valence-electron chi connectivity index (χ2n) is 9.29. The molecule has 8 nitrogen and oxygen atoms in total. The molecule has 0 amide bonds. The molecule has 6 N–H and O–H groups in total. The minimum Gasteiger partial charge on any atom is -0.494 e. The predicted molar refractivity (Wildman–Crippen MR) is 128 cm³/mol. The molecule has 3 heterocycles. The molecule has 2 fully saturated rings. The van der Waals surface area contributed by atoms with E-state index < -0.39 is 6.23 Å². The van der Waals surface area contributed by atoms with Gasteiger partial charge in [0, 0.05) is 24.3 Å². The number of hydrogen-bond donors (Lipinski definition) is 5. The third kappa shape index (κ3) is 4.58. The van der Waals surface area contributed by atoms with E-state index in [1.54, 1.807) is 12.1 Å². The van der Waals surface area contributed by atoms with Crippen LogP contribution >= 0.6 is 0 Å². The Labute approximate surface area is 204 Å². The summed E-state index contributed by atoms with van der Waals surface area (Å²) >= 11 is 0. The lowest BCUT2D eigenvalue weighted by atomic mass is 9.68. The van der Waals surface area contributed by atoms with Crippen LogP contribution in [0.1, 0.15) is 43.0 Å². The Bertz CT molecular complexity index is 1100. The fourth-order valence-electron chi connectivity index (χ4n) is 5.49. The first-order chi connectivity index (χ1) is 17.1. The van der Waals surface area contributed by atoms with E-state index in [0.717, 1.165) is 29.7 Å². The number of nitriles is 1. The van der Waals surface area contributed by atoms with Crippen LogP contribution in [0.5, 0.6) is 5.75 Å². The van der Waals surface area contributed by atoms with E-state index in [0.29, 0.717) is 18.7 Å². The normalized spacial score (nSPS) is 30.0. The lowest BCUT2D eigenvalue weighted by Crippen LogP contribution is -2.45. The topological polar surface area (TPSA) is 116 Å². The number of rotatable bonds is 7. The van der Waals surface area contributed by atoms with Crippen LogP contribution in [0, 0.1) is 34.9 Å². The van der Waals surface area contributed by atoms with Crippen molar-refractivity contribution in [2.75, 3.05) is 13.2 Å². The van der Waals surface area contributed by atoms with Gasteiger partial charge in [-0.05, 0) is 41.8 Å². The molecule has 9 heteroatoms. The first-order valence-electron chi connectivity index (χ1n) is 12.1. The molecule has 2 aromatic carbocycles. The number of nitrogens with zero attached hydrogens (tertiary/aromatic N) is 1. The Hall–Kier alpha value is -3.16. The first-order valence-corrected chi connectivity index (χ1v) is 12.1. The minimum atomic E-state index is -0.392. The van der Waals surface area contributed by atoms with Crippen LogP contribution in [-0.2, 0) is 4.74 Å². The van der Waals surface area contributed by atoms with Crippen molar-refractivity contribution < 1.29 is 13.9 Å². The highest BCUT2D eigenvalue weighted by molar-refractivity contribution is 5.36. The SMILES string of the molecule is CCCCOc1ccc(C2NNC3OC(N)=C(C#N)C(C4CNNC4c4ccc(F)cc4)C32)cc1. The second-order valence-corrected chi connectivity index (χ2v) is 9.29. The van der Waals surface area contributed by atoms with Crippen molar-refractivity contribution in [1.82, 2.24) is 21.7 Å². The van der Waals surface area contributed by atoms with Crippen LogP contribution in [0.25, 0.3) is 0 Å². The highest BCUT2D eigenvalue weighted by atomic mass is 19.1. The largest absolute Gasteiger partial charge is 0.494 e. The lowest BCUT2D eigenvalue weighted by Gasteiger charge is -2.40. The van der Waals surface area contributed by atoms with Crippen molar-refractivity contribution in [1.29, 1.82) is 5.26 Å². The Morgan fingerprint density at radius 2 is 1.77 bits per heavy atom. The summed E-state index contributed by atoms with van der Waals surface area (Å²) in [5.41, 5.74) is 21.9. The van der Waals surface area contributed by atoms with Crippen molar-refractivity contribution in [2.24, 2.45) is 23.5 Å². The van der Waals surface area contributed by atoms with Gasteiger partial charge in [0.1, 0.15) is 17.6 Å². The lowest BCUT2D eigenvalue weighted by molar-refractivity contribution is 0.00571. The molecule has 6 unspecified atom stereocenters. The molecule has 3 aliphatic heterocycles. The molecule has 0 saturated carbocycles. The van der Waals surface area contributed by atoms with Gasteiger partial charge in [-0.1, -0.05) is 37.6 Å². The highest BCUT2D eigenvalue weighted by Crippen LogP contribution is 2.49. The Kier molecular flexibility index (Phi) is 6.88. The van der Waals surface area contributed by atoms with Crippen LogP contribution in [-0.4, -0.2) is 19.4 Å². The third-order valence-electron chi connectivity index (χ3n) is 7.22. The van der Waals surface area contributed by atoms with Crippen LogP contribution in [0.3, 0.4) is 0 Å². The summed E-state index contributed by atoms with van der Waals surface area (Å²) in [4.78, 5) is 0. The molecule has 0 aliphatic carbocycles. The van der Waals surface area contributed by atoms with Crippen molar-refractivity contribution in [2.45, 2.75) is 38.1 Å². The summed E-state index contributed by atoms with van der Waals surface area (Å²) in [5.74, 6) is 0.394. The van der Waals surface area contributed by atoms with E-state index in [1.807, 2.05) is 12.1 Å². The number of unbranched alkanes of at least 4 members (excludes halogenated alkanes) is 1. The fourth-order valence-corrected chi connectivity index (χ4v) is 5.49. The van der Waals surface area contributed by atoms with Crippen molar-refractivity contribution in [3.05, 3.63) is 76.9 Å². The molecule has 0 aromatic heterocycles. The standard InChI is InChI=1S/C26H31FN6O2/c1-2-3-12-34-18-10-6-16(7-11-18)24-22-21(19(13-28)25(29)35-26(22)33-32-24)20-14-30-31-23(20)15-4-8-17(27)9-5-15/h4-11,20-24,26,30-33H,2-3,12,14,29H2,1H3. The number of allylic oxidation sites excluding steroid dienone is 1. The quantitative estimate of drug-likeness (QED) is 0.386. The molecular formula is C26H31FN6O2. The molecule has 5 rings (SSSR count). The molecule has 0 radical (unpaired) electrons. The van der Waals surface area contributed by atoms with Gasteiger partial charge in [-0.2, -0.15) is 5.26 Å². The van der Waals surface area contributed by atoms with E-state index >= 15 is 0 Å². The highest BCUT2D eigenvalue weighted by Gasteiger charge is 2.53. The summed E-state index contributed by atoms with van der Waals surface area (Å²) in [6.45, 7) is 3.46. The number of hydrogen-bond acceptors (Lipinski definition) is 8. The van der Waals surface area contributed by atoms with Gasteiger partial charge in [0.05, 0.1) is 24.3 Å². The number of nitrogens with one attached hydrogen (secondary N) is 4. The van der Waals surface area contributed by atoms with Gasteiger partial charge in [0.25, 0.3) is 0 Å². The van der Waals surface area contributed by atoms with Crippen LogP contribution in [0.2, 0.25) is 0 Å². The zero-order valence-corrected chi connectivity index (χ0v) is 19.6. The molecule has 0 bridgehead atoms. The monoisotopic (exact) mass is 478 g/mol. The maximum Gasteiger partial charge on any atom is 0.200 e. The zero-order valence-electron chi connectivity index (χ0n) is 19.6. The van der Waals surface area contributed by atoms with Gasteiger partial charge in [-0.25, -0.2) is 20.7 Å². The number of benzene rings is 2. The van der Waals surface area contributed by atoms with Gasteiger partial charge >= 0.3 is 0 Å².